The van der Waals surface area contributed by atoms with Gasteiger partial charge in [0.05, 0.1) is 0 Å². The highest BCUT2D eigenvalue weighted by Crippen LogP contribution is 2.19. The van der Waals surface area contributed by atoms with Crippen LogP contribution in [0.3, 0.4) is 0 Å². The highest BCUT2D eigenvalue weighted by Gasteiger charge is 2.22. The van der Waals surface area contributed by atoms with Crippen LogP contribution in [0.15, 0.2) is 0 Å². The van der Waals surface area contributed by atoms with Crippen molar-refractivity contribution in [1.82, 2.24) is 10.2 Å². The van der Waals surface area contributed by atoms with Gasteiger partial charge in [-0.2, -0.15) is 0 Å². The zero-order chi connectivity index (χ0) is 12.0. The lowest BCUT2D eigenvalue weighted by atomic mass is 9.88. The molecule has 2 atom stereocenters. The molecule has 0 bridgehead atoms. The molecule has 0 aromatic carbocycles. The van der Waals surface area contributed by atoms with Crippen molar-refractivity contribution in [3.05, 3.63) is 0 Å². The van der Waals surface area contributed by atoms with E-state index in [1.54, 1.807) is 0 Å². The van der Waals surface area contributed by atoms with Crippen LogP contribution in [0.25, 0.3) is 0 Å². The van der Waals surface area contributed by atoms with Crippen molar-refractivity contribution in [3.63, 3.8) is 0 Å². The molecule has 1 aliphatic rings. The van der Waals surface area contributed by atoms with E-state index in [2.05, 4.69) is 31.1 Å². The molecule has 16 heavy (non-hydrogen) atoms. The summed E-state index contributed by atoms with van der Waals surface area (Å²) in [5, 5.41) is 12.9. The first-order valence-electron chi connectivity index (χ1n) is 6.63. The number of piperidine rings is 1. The van der Waals surface area contributed by atoms with Crippen LogP contribution >= 0.6 is 0 Å². The Bertz CT molecular complexity index is 192. The molecule has 2 N–H and O–H groups in total. The summed E-state index contributed by atoms with van der Waals surface area (Å²) in [6.07, 6.45) is 5.04. The summed E-state index contributed by atoms with van der Waals surface area (Å²) in [5.74, 6) is 0. The zero-order valence-corrected chi connectivity index (χ0v) is 11.1. The lowest BCUT2D eigenvalue weighted by molar-refractivity contribution is 0.126. The van der Waals surface area contributed by atoms with E-state index in [4.69, 9.17) is 0 Å². The molecule has 0 aromatic rings. The van der Waals surface area contributed by atoms with Gasteiger partial charge < -0.3 is 15.3 Å². The number of likely N-dealkylation sites (N-methyl/N-ethyl adjacent to an activating group) is 1. The third-order valence-electron chi connectivity index (χ3n) is 4.09. The topological polar surface area (TPSA) is 35.5 Å². The number of aliphatic hydroxyl groups excluding tert-OH is 1. The summed E-state index contributed by atoms with van der Waals surface area (Å²) in [6, 6.07) is 0.688. The minimum absolute atomic E-state index is 0.0488. The maximum atomic E-state index is 9.32. The Morgan fingerprint density at radius 2 is 2.19 bits per heavy atom. The first kappa shape index (κ1) is 13.9. The molecule has 1 heterocycles. The van der Waals surface area contributed by atoms with Gasteiger partial charge in [-0.15, -0.1) is 0 Å². The fourth-order valence-electron chi connectivity index (χ4n) is 2.24. The van der Waals surface area contributed by atoms with E-state index in [9.17, 15) is 5.11 Å². The number of nitrogens with zero attached hydrogens (tertiary/aromatic N) is 1. The van der Waals surface area contributed by atoms with Crippen LogP contribution in [0, 0.1) is 5.41 Å². The summed E-state index contributed by atoms with van der Waals surface area (Å²) in [7, 11) is 2.22. The Hall–Kier alpha value is -0.120. The van der Waals surface area contributed by atoms with Crippen molar-refractivity contribution in [1.29, 1.82) is 0 Å². The average molecular weight is 228 g/mol. The maximum absolute atomic E-state index is 9.32. The van der Waals surface area contributed by atoms with Gasteiger partial charge in [0, 0.05) is 31.2 Å². The molecule has 0 aliphatic carbocycles. The normalized spacial score (nSPS) is 26.6. The molecule has 0 spiro atoms. The second kappa shape index (κ2) is 6.58. The number of rotatable bonds is 6. The van der Waals surface area contributed by atoms with Gasteiger partial charge in [0.1, 0.15) is 0 Å². The fraction of sp³-hybridized carbons (Fsp3) is 1.00. The minimum atomic E-state index is 0.0488. The van der Waals surface area contributed by atoms with Crippen LogP contribution in [0.5, 0.6) is 0 Å². The van der Waals surface area contributed by atoms with Crippen molar-refractivity contribution in [2.24, 2.45) is 5.41 Å². The van der Waals surface area contributed by atoms with Crippen molar-refractivity contribution in [3.8, 4) is 0 Å². The quantitative estimate of drug-likeness (QED) is 0.722. The largest absolute Gasteiger partial charge is 0.396 e. The standard InChI is InChI=1S/C13H28N2O/c1-4-13(2,11-16)10-14-9-12-7-5-6-8-15(12)3/h12,14,16H,4-11H2,1-3H3. The maximum Gasteiger partial charge on any atom is 0.0496 e. The van der Waals surface area contributed by atoms with Crippen molar-refractivity contribution < 1.29 is 5.11 Å². The number of hydrogen-bond acceptors (Lipinski definition) is 3. The second-order valence-corrected chi connectivity index (χ2v) is 5.58. The summed E-state index contributed by atoms with van der Waals surface area (Å²) in [4.78, 5) is 2.46. The summed E-state index contributed by atoms with van der Waals surface area (Å²) >= 11 is 0. The predicted octanol–water partition coefficient (Wildman–Crippen LogP) is 1.47. The summed E-state index contributed by atoms with van der Waals surface area (Å²) in [6.45, 7) is 7.78. The third-order valence-corrected chi connectivity index (χ3v) is 4.09. The summed E-state index contributed by atoms with van der Waals surface area (Å²) < 4.78 is 0. The van der Waals surface area contributed by atoms with E-state index >= 15 is 0 Å². The van der Waals surface area contributed by atoms with Gasteiger partial charge in [0.15, 0.2) is 0 Å². The van der Waals surface area contributed by atoms with Gasteiger partial charge in [-0.05, 0) is 32.9 Å². The predicted molar refractivity (Wildman–Crippen MR) is 68.6 cm³/mol. The molecule has 3 nitrogen and oxygen atoms in total. The number of hydrogen-bond donors (Lipinski definition) is 2. The molecular weight excluding hydrogens is 200 g/mol. The molecule has 96 valence electrons. The first-order valence-corrected chi connectivity index (χ1v) is 6.63. The van der Waals surface area contributed by atoms with Gasteiger partial charge in [-0.1, -0.05) is 20.3 Å². The van der Waals surface area contributed by atoms with Gasteiger partial charge >= 0.3 is 0 Å². The average Bonchev–Trinajstić information content (AvgIpc) is 2.31. The first-order chi connectivity index (χ1) is 7.61. The molecule has 1 saturated heterocycles. The molecule has 0 radical (unpaired) electrons. The Morgan fingerprint density at radius 1 is 1.44 bits per heavy atom. The Balaban J connectivity index is 2.23. The summed E-state index contributed by atoms with van der Waals surface area (Å²) in [5.41, 5.74) is 0.0488. The minimum Gasteiger partial charge on any atom is -0.396 e. The van der Waals surface area contributed by atoms with E-state index in [-0.39, 0.29) is 12.0 Å². The highest BCUT2D eigenvalue weighted by molar-refractivity contribution is 4.79. The Kier molecular flexibility index (Phi) is 5.73. The molecule has 3 heteroatoms. The molecular formula is C13H28N2O. The molecule has 2 unspecified atom stereocenters. The number of likely N-dealkylation sites (tertiary alicyclic amines) is 1. The van der Waals surface area contributed by atoms with E-state index in [0.29, 0.717) is 6.04 Å². The van der Waals surface area contributed by atoms with Crippen LogP contribution in [0.4, 0.5) is 0 Å². The molecule has 1 fully saturated rings. The van der Waals surface area contributed by atoms with Crippen molar-refractivity contribution >= 4 is 0 Å². The lowest BCUT2D eigenvalue weighted by Gasteiger charge is -2.34. The number of nitrogens with one attached hydrogen (secondary N) is 1. The smallest absolute Gasteiger partial charge is 0.0496 e. The van der Waals surface area contributed by atoms with E-state index in [0.717, 1.165) is 19.5 Å². The second-order valence-electron chi connectivity index (χ2n) is 5.58. The zero-order valence-electron chi connectivity index (χ0n) is 11.1. The van der Waals surface area contributed by atoms with Crippen LogP contribution in [0.1, 0.15) is 39.5 Å². The molecule has 0 aromatic heterocycles. The molecule has 0 saturated carbocycles. The van der Waals surface area contributed by atoms with Crippen LogP contribution in [-0.4, -0.2) is 49.3 Å². The van der Waals surface area contributed by atoms with Gasteiger partial charge in [-0.25, -0.2) is 0 Å². The van der Waals surface area contributed by atoms with E-state index in [1.807, 2.05) is 0 Å². The Labute approximate surface area is 100 Å². The van der Waals surface area contributed by atoms with Crippen LogP contribution < -0.4 is 5.32 Å². The lowest BCUT2D eigenvalue weighted by Crippen LogP contribution is -2.45. The molecule has 1 rings (SSSR count). The third kappa shape index (κ3) is 4.04. The van der Waals surface area contributed by atoms with Crippen LogP contribution in [0.2, 0.25) is 0 Å². The SMILES string of the molecule is CCC(C)(CO)CNCC1CCCCN1C. The van der Waals surface area contributed by atoms with Gasteiger partial charge in [0.2, 0.25) is 0 Å². The van der Waals surface area contributed by atoms with Gasteiger partial charge in [-0.3, -0.25) is 0 Å². The van der Waals surface area contributed by atoms with Gasteiger partial charge in [0.25, 0.3) is 0 Å². The number of aliphatic hydroxyl groups is 1. The Morgan fingerprint density at radius 3 is 2.75 bits per heavy atom. The van der Waals surface area contributed by atoms with E-state index in [1.165, 1.54) is 25.8 Å². The molecule has 0 amide bonds. The highest BCUT2D eigenvalue weighted by atomic mass is 16.3. The van der Waals surface area contributed by atoms with Crippen molar-refractivity contribution in [2.75, 3.05) is 33.3 Å². The van der Waals surface area contributed by atoms with E-state index < -0.39 is 0 Å². The van der Waals surface area contributed by atoms with Crippen molar-refractivity contribution in [2.45, 2.75) is 45.6 Å². The monoisotopic (exact) mass is 228 g/mol. The molecule has 1 aliphatic heterocycles. The fourth-order valence-corrected chi connectivity index (χ4v) is 2.24. The van der Waals surface area contributed by atoms with Crippen LogP contribution in [-0.2, 0) is 0 Å².